The Kier molecular flexibility index (Phi) is 5.73. The molecule has 4 nitrogen and oxygen atoms in total. The molecule has 0 aliphatic carbocycles. The van der Waals surface area contributed by atoms with Gasteiger partial charge in [0.2, 0.25) is 0 Å². The molecule has 1 N–H and O–H groups in total. The number of nitrogens with one attached hydrogen (secondary N) is 1. The van der Waals surface area contributed by atoms with Gasteiger partial charge in [-0.15, -0.1) is 0 Å². The van der Waals surface area contributed by atoms with Crippen molar-refractivity contribution in [2.24, 2.45) is 0 Å². The normalized spacial score (nSPS) is 18.3. The smallest absolute Gasteiger partial charge is 0.190 e. The molecule has 1 fully saturated rings. The van der Waals surface area contributed by atoms with Crippen molar-refractivity contribution in [3.8, 4) is 0 Å². The van der Waals surface area contributed by atoms with E-state index in [4.69, 9.17) is 11.6 Å². The largest absolute Gasteiger partial charge is 0.366 e. The number of nitrogens with zero attached hydrogens (tertiary/aromatic N) is 3. The first-order valence-corrected chi connectivity index (χ1v) is 8.35. The molecule has 0 saturated carbocycles. The molecule has 1 aromatic heterocycles. The van der Waals surface area contributed by atoms with Crippen molar-refractivity contribution in [2.75, 3.05) is 31.2 Å². The SMILES string of the molecule is CSc1nc(Cl)cc(NC(C)CN2CCCCC2)n1. The highest BCUT2D eigenvalue weighted by Gasteiger charge is 2.14. The second-order valence-corrected chi connectivity index (χ2v) is 6.13. The zero-order valence-corrected chi connectivity index (χ0v) is 13.1. The summed E-state index contributed by atoms with van der Waals surface area (Å²) in [6, 6.07) is 2.15. The van der Waals surface area contributed by atoms with Crippen LogP contribution in [0.3, 0.4) is 0 Å². The Balaban J connectivity index is 1.90. The maximum atomic E-state index is 5.99. The highest BCUT2D eigenvalue weighted by molar-refractivity contribution is 7.98. The monoisotopic (exact) mass is 300 g/mol. The van der Waals surface area contributed by atoms with Gasteiger partial charge >= 0.3 is 0 Å². The number of hydrogen-bond acceptors (Lipinski definition) is 5. The van der Waals surface area contributed by atoms with E-state index in [1.165, 1.54) is 44.1 Å². The van der Waals surface area contributed by atoms with E-state index in [1.807, 2.05) is 6.26 Å². The molecule has 0 aromatic carbocycles. The van der Waals surface area contributed by atoms with Crippen LogP contribution in [0.25, 0.3) is 0 Å². The standard InChI is InChI=1S/C13H21ClN4S/c1-10(9-18-6-4-3-5-7-18)15-12-8-11(14)16-13(17-12)19-2/h8,10H,3-7,9H2,1-2H3,(H,15,16,17). The van der Waals surface area contributed by atoms with Crippen molar-refractivity contribution in [3.05, 3.63) is 11.2 Å². The van der Waals surface area contributed by atoms with E-state index in [0.29, 0.717) is 16.4 Å². The molecule has 2 rings (SSSR count). The van der Waals surface area contributed by atoms with Crippen LogP contribution in [-0.4, -0.2) is 46.8 Å². The molecule has 0 bridgehead atoms. The Hall–Kier alpha value is -0.520. The molecule has 2 heterocycles. The number of hydrogen-bond donors (Lipinski definition) is 1. The zero-order valence-electron chi connectivity index (χ0n) is 11.5. The van der Waals surface area contributed by atoms with Crippen LogP contribution < -0.4 is 5.32 Å². The van der Waals surface area contributed by atoms with Gasteiger partial charge in [-0.05, 0) is 39.1 Å². The second-order valence-electron chi connectivity index (χ2n) is 4.97. The Labute approximate surface area is 124 Å². The van der Waals surface area contributed by atoms with Crippen LogP contribution in [0.15, 0.2) is 11.2 Å². The molecule has 1 aromatic rings. The Morgan fingerprint density at radius 3 is 2.79 bits per heavy atom. The van der Waals surface area contributed by atoms with Crippen LogP contribution in [0.5, 0.6) is 0 Å². The van der Waals surface area contributed by atoms with Crippen molar-refractivity contribution in [1.82, 2.24) is 14.9 Å². The lowest BCUT2D eigenvalue weighted by Gasteiger charge is -2.29. The molecule has 0 spiro atoms. The average molecular weight is 301 g/mol. The molecule has 0 amide bonds. The third-order valence-corrected chi connectivity index (χ3v) is 3.97. The molecule has 106 valence electrons. The summed E-state index contributed by atoms with van der Waals surface area (Å²) in [5, 5.41) is 4.62. The maximum absolute atomic E-state index is 5.99. The first-order valence-electron chi connectivity index (χ1n) is 6.75. The van der Waals surface area contributed by atoms with Gasteiger partial charge in [0.25, 0.3) is 0 Å². The van der Waals surface area contributed by atoms with E-state index in [9.17, 15) is 0 Å². The van der Waals surface area contributed by atoms with Gasteiger partial charge in [-0.25, -0.2) is 9.97 Å². The van der Waals surface area contributed by atoms with Gasteiger partial charge < -0.3 is 10.2 Å². The molecule has 1 aliphatic heterocycles. The van der Waals surface area contributed by atoms with E-state index < -0.39 is 0 Å². The molecular weight excluding hydrogens is 280 g/mol. The van der Waals surface area contributed by atoms with Gasteiger partial charge in [0.15, 0.2) is 5.16 Å². The fourth-order valence-corrected chi connectivity index (χ4v) is 3.00. The molecule has 0 radical (unpaired) electrons. The van der Waals surface area contributed by atoms with E-state index in [1.54, 1.807) is 6.07 Å². The number of piperidine rings is 1. The Morgan fingerprint density at radius 2 is 2.11 bits per heavy atom. The van der Waals surface area contributed by atoms with Gasteiger partial charge in [0, 0.05) is 18.7 Å². The van der Waals surface area contributed by atoms with Crippen LogP contribution in [0.1, 0.15) is 26.2 Å². The van der Waals surface area contributed by atoms with E-state index in [-0.39, 0.29) is 0 Å². The number of likely N-dealkylation sites (tertiary alicyclic amines) is 1. The topological polar surface area (TPSA) is 41.1 Å². The van der Waals surface area contributed by atoms with Gasteiger partial charge in [0.1, 0.15) is 11.0 Å². The van der Waals surface area contributed by atoms with Gasteiger partial charge in [-0.2, -0.15) is 0 Å². The number of rotatable bonds is 5. The van der Waals surface area contributed by atoms with Crippen molar-refractivity contribution >= 4 is 29.2 Å². The van der Waals surface area contributed by atoms with Gasteiger partial charge in [-0.3, -0.25) is 0 Å². The first kappa shape index (κ1) is 14.9. The maximum Gasteiger partial charge on any atom is 0.190 e. The minimum atomic E-state index is 0.360. The minimum absolute atomic E-state index is 0.360. The summed E-state index contributed by atoms with van der Waals surface area (Å²) in [5.74, 6) is 0.814. The quantitative estimate of drug-likeness (QED) is 0.514. The molecule has 6 heteroatoms. The van der Waals surface area contributed by atoms with E-state index in [2.05, 4.69) is 27.1 Å². The zero-order chi connectivity index (χ0) is 13.7. The lowest BCUT2D eigenvalue weighted by molar-refractivity contribution is 0.223. The predicted octanol–water partition coefficient (Wildman–Crippen LogP) is 3.14. The van der Waals surface area contributed by atoms with Crippen LogP contribution >= 0.6 is 23.4 Å². The molecule has 1 saturated heterocycles. The Bertz CT molecular complexity index is 410. The summed E-state index contributed by atoms with van der Waals surface area (Å²) >= 11 is 7.49. The highest BCUT2D eigenvalue weighted by Crippen LogP contribution is 2.18. The lowest BCUT2D eigenvalue weighted by atomic mass is 10.1. The lowest BCUT2D eigenvalue weighted by Crippen LogP contribution is -2.38. The Morgan fingerprint density at radius 1 is 1.37 bits per heavy atom. The number of aromatic nitrogens is 2. The number of thioether (sulfide) groups is 1. The summed E-state index contributed by atoms with van der Waals surface area (Å²) in [4.78, 5) is 11.1. The summed E-state index contributed by atoms with van der Waals surface area (Å²) in [6.07, 6.45) is 5.97. The number of halogens is 1. The van der Waals surface area contributed by atoms with Crippen LogP contribution in [-0.2, 0) is 0 Å². The van der Waals surface area contributed by atoms with E-state index >= 15 is 0 Å². The van der Waals surface area contributed by atoms with Crippen LogP contribution in [0.4, 0.5) is 5.82 Å². The molecule has 1 aliphatic rings. The minimum Gasteiger partial charge on any atom is -0.366 e. The molecule has 1 unspecified atom stereocenters. The summed E-state index contributed by atoms with van der Waals surface area (Å²) < 4.78 is 0. The van der Waals surface area contributed by atoms with Crippen molar-refractivity contribution in [1.29, 1.82) is 0 Å². The van der Waals surface area contributed by atoms with Crippen LogP contribution in [0, 0.1) is 0 Å². The number of anilines is 1. The highest BCUT2D eigenvalue weighted by atomic mass is 35.5. The third-order valence-electron chi connectivity index (χ3n) is 3.23. The predicted molar refractivity (Wildman–Crippen MR) is 82.2 cm³/mol. The molecule has 1 atom stereocenters. The fourth-order valence-electron chi connectivity index (χ4n) is 2.39. The average Bonchev–Trinajstić information content (AvgIpc) is 2.38. The second kappa shape index (κ2) is 7.31. The van der Waals surface area contributed by atoms with Gasteiger partial charge in [0.05, 0.1) is 0 Å². The van der Waals surface area contributed by atoms with Crippen molar-refractivity contribution < 1.29 is 0 Å². The fraction of sp³-hybridized carbons (Fsp3) is 0.692. The summed E-state index contributed by atoms with van der Waals surface area (Å²) in [5.41, 5.74) is 0. The summed E-state index contributed by atoms with van der Waals surface area (Å²) in [6.45, 7) is 5.67. The van der Waals surface area contributed by atoms with Crippen molar-refractivity contribution in [3.63, 3.8) is 0 Å². The van der Waals surface area contributed by atoms with E-state index in [0.717, 1.165) is 12.4 Å². The first-order chi connectivity index (χ1) is 9.17. The van der Waals surface area contributed by atoms with Crippen molar-refractivity contribution in [2.45, 2.75) is 37.4 Å². The van der Waals surface area contributed by atoms with Crippen LogP contribution in [0.2, 0.25) is 5.15 Å². The third kappa shape index (κ3) is 4.82. The van der Waals surface area contributed by atoms with Gasteiger partial charge in [-0.1, -0.05) is 29.8 Å². The molecular formula is C13H21ClN4S. The summed E-state index contributed by atoms with van der Waals surface area (Å²) in [7, 11) is 0. The molecule has 19 heavy (non-hydrogen) atoms.